The third-order valence-corrected chi connectivity index (χ3v) is 4.94. The molecule has 0 bridgehead atoms. The quantitative estimate of drug-likeness (QED) is 0.361. The predicted molar refractivity (Wildman–Crippen MR) is 104 cm³/mol. The van der Waals surface area contributed by atoms with Gasteiger partial charge in [-0.25, -0.2) is 9.36 Å². The Hall–Kier alpha value is -3.24. The van der Waals surface area contributed by atoms with Crippen LogP contribution in [0.2, 0.25) is 0 Å². The highest BCUT2D eigenvalue weighted by Gasteiger charge is 2.31. The van der Waals surface area contributed by atoms with Gasteiger partial charge in [0.2, 0.25) is 6.35 Å². The first-order valence-electron chi connectivity index (χ1n) is 8.55. The maximum atomic E-state index is 13.2. The van der Waals surface area contributed by atoms with Crippen molar-refractivity contribution in [3.8, 4) is 11.5 Å². The van der Waals surface area contributed by atoms with E-state index in [-0.39, 0.29) is 6.61 Å². The molecule has 0 atom stereocenters. The van der Waals surface area contributed by atoms with Crippen molar-refractivity contribution in [3.05, 3.63) is 96.6 Å². The molecule has 144 valence electrons. The van der Waals surface area contributed by atoms with Gasteiger partial charge in [0.25, 0.3) is 0 Å². The maximum Gasteiger partial charge on any atom is 0.509 e. The minimum absolute atomic E-state index is 0.0447. The molecule has 0 radical (unpaired) electrons. The van der Waals surface area contributed by atoms with Gasteiger partial charge in [-0.2, -0.15) is 0 Å². The minimum atomic E-state index is -3.84. The Morgan fingerprint density at radius 2 is 1.14 bits per heavy atom. The highest BCUT2D eigenvalue weighted by atomic mass is 31.2. The number of ether oxygens (including phenoxy) is 2. The average molecular weight is 398 g/mol. The summed E-state index contributed by atoms with van der Waals surface area (Å²) in [6, 6.07) is 26.2. The molecule has 0 aliphatic heterocycles. The Morgan fingerprint density at radius 3 is 1.64 bits per heavy atom. The van der Waals surface area contributed by atoms with Crippen LogP contribution in [0.4, 0.5) is 4.79 Å². The normalized spacial score (nSPS) is 10.7. The fraction of sp³-hybridized carbons (Fsp3) is 0.0952. The van der Waals surface area contributed by atoms with Crippen LogP contribution in [0.25, 0.3) is 0 Å². The van der Waals surface area contributed by atoms with Crippen LogP contribution in [-0.2, 0) is 20.6 Å². The Morgan fingerprint density at radius 1 is 0.679 bits per heavy atom. The van der Waals surface area contributed by atoms with Crippen molar-refractivity contribution in [2.45, 2.75) is 6.61 Å². The zero-order chi connectivity index (χ0) is 19.7. The van der Waals surface area contributed by atoms with Crippen LogP contribution in [0.5, 0.6) is 11.5 Å². The molecule has 0 saturated carbocycles. The van der Waals surface area contributed by atoms with Crippen molar-refractivity contribution in [1.82, 2.24) is 0 Å². The Labute approximate surface area is 163 Å². The number of benzene rings is 3. The summed E-state index contributed by atoms with van der Waals surface area (Å²) in [6.45, 7) is 0.0447. The molecule has 3 aromatic rings. The van der Waals surface area contributed by atoms with Crippen LogP contribution < -0.4 is 9.05 Å². The summed E-state index contributed by atoms with van der Waals surface area (Å²) in [5.74, 6) is 0.672. The van der Waals surface area contributed by atoms with E-state index < -0.39 is 20.1 Å². The molecule has 7 heteroatoms. The third-order valence-electron chi connectivity index (χ3n) is 3.52. The molecule has 0 aliphatic rings. The lowest BCUT2D eigenvalue weighted by Crippen LogP contribution is -2.13. The monoisotopic (exact) mass is 398 g/mol. The van der Waals surface area contributed by atoms with Crippen molar-refractivity contribution in [2.75, 3.05) is 6.35 Å². The molecular formula is C21H19O6P. The summed E-state index contributed by atoms with van der Waals surface area (Å²) in [5, 5.41) is 0. The van der Waals surface area contributed by atoms with Crippen LogP contribution >= 0.6 is 7.60 Å². The van der Waals surface area contributed by atoms with Gasteiger partial charge in [0, 0.05) is 0 Å². The molecule has 3 aromatic carbocycles. The minimum Gasteiger partial charge on any atom is -0.429 e. The van der Waals surface area contributed by atoms with Gasteiger partial charge in [0.15, 0.2) is 0 Å². The lowest BCUT2D eigenvalue weighted by molar-refractivity contribution is 0.0584. The molecule has 0 amide bonds. The van der Waals surface area contributed by atoms with E-state index in [0.717, 1.165) is 5.56 Å². The van der Waals surface area contributed by atoms with E-state index in [2.05, 4.69) is 0 Å². The largest absolute Gasteiger partial charge is 0.509 e. The smallest absolute Gasteiger partial charge is 0.429 e. The first-order chi connectivity index (χ1) is 13.6. The Bertz CT molecular complexity index is 870. The summed E-state index contributed by atoms with van der Waals surface area (Å²) >= 11 is 0. The molecule has 0 aliphatic carbocycles. The molecule has 3 rings (SSSR count). The van der Waals surface area contributed by atoms with E-state index in [9.17, 15) is 9.36 Å². The summed E-state index contributed by atoms with van der Waals surface area (Å²) in [5.41, 5.74) is 0.809. The fourth-order valence-corrected chi connectivity index (χ4v) is 3.54. The van der Waals surface area contributed by atoms with Gasteiger partial charge >= 0.3 is 13.8 Å². The molecular weight excluding hydrogens is 379 g/mol. The molecule has 0 N–H and O–H groups in total. The summed E-state index contributed by atoms with van der Waals surface area (Å²) in [4.78, 5) is 11.9. The van der Waals surface area contributed by atoms with Gasteiger partial charge in [-0.15, -0.1) is 0 Å². The second-order valence-corrected chi connectivity index (χ2v) is 7.56. The number of para-hydroxylation sites is 2. The summed E-state index contributed by atoms with van der Waals surface area (Å²) in [6.07, 6.45) is -1.55. The highest BCUT2D eigenvalue weighted by molar-refractivity contribution is 7.54. The second kappa shape index (κ2) is 9.62. The molecule has 0 fully saturated rings. The highest BCUT2D eigenvalue weighted by Crippen LogP contribution is 2.48. The fourth-order valence-electron chi connectivity index (χ4n) is 2.25. The van der Waals surface area contributed by atoms with Gasteiger partial charge in [-0.3, -0.25) is 0 Å². The van der Waals surface area contributed by atoms with Crippen LogP contribution in [0, 0.1) is 0 Å². The predicted octanol–water partition coefficient (Wildman–Crippen LogP) is 5.65. The van der Waals surface area contributed by atoms with Crippen molar-refractivity contribution in [3.63, 3.8) is 0 Å². The number of carbonyl (C=O) groups is 1. The van der Waals surface area contributed by atoms with E-state index in [1.54, 1.807) is 60.7 Å². The molecule has 28 heavy (non-hydrogen) atoms. The van der Waals surface area contributed by atoms with E-state index in [4.69, 9.17) is 18.5 Å². The van der Waals surface area contributed by atoms with Crippen molar-refractivity contribution < 1.29 is 27.9 Å². The average Bonchev–Trinajstić information content (AvgIpc) is 2.73. The second-order valence-electron chi connectivity index (χ2n) is 5.72. The summed E-state index contributed by atoms with van der Waals surface area (Å²) < 4.78 is 34.2. The van der Waals surface area contributed by atoms with Crippen LogP contribution in [0.1, 0.15) is 5.56 Å². The zero-order valence-electron chi connectivity index (χ0n) is 15.0. The van der Waals surface area contributed by atoms with E-state index >= 15 is 0 Å². The van der Waals surface area contributed by atoms with Crippen molar-refractivity contribution in [2.24, 2.45) is 0 Å². The van der Waals surface area contributed by atoms with E-state index in [1.807, 2.05) is 30.3 Å². The number of hydrogen-bond acceptors (Lipinski definition) is 6. The van der Waals surface area contributed by atoms with Gasteiger partial charge in [0.05, 0.1) is 0 Å². The summed E-state index contributed by atoms with van der Waals surface area (Å²) in [7, 11) is -3.84. The van der Waals surface area contributed by atoms with Gasteiger partial charge < -0.3 is 18.5 Å². The number of hydrogen-bond donors (Lipinski definition) is 0. The molecule has 0 heterocycles. The molecule has 0 spiro atoms. The Kier molecular flexibility index (Phi) is 6.71. The maximum absolute atomic E-state index is 13.2. The van der Waals surface area contributed by atoms with Crippen LogP contribution in [-0.4, -0.2) is 12.5 Å². The standard InChI is InChI=1S/C21H19O6P/c22-21(24-16-18-10-4-1-5-11-18)25-17-28(23,26-19-12-6-2-7-13-19)27-20-14-8-3-9-15-20/h1-15H,16-17H2. The van der Waals surface area contributed by atoms with Crippen LogP contribution in [0.15, 0.2) is 91.0 Å². The van der Waals surface area contributed by atoms with E-state index in [0.29, 0.717) is 11.5 Å². The lowest BCUT2D eigenvalue weighted by Gasteiger charge is -2.19. The molecule has 6 nitrogen and oxygen atoms in total. The molecule has 0 unspecified atom stereocenters. The molecule has 0 aromatic heterocycles. The first-order valence-corrected chi connectivity index (χ1v) is 10.3. The number of carbonyl (C=O) groups excluding carboxylic acids is 1. The van der Waals surface area contributed by atoms with E-state index in [1.165, 1.54) is 0 Å². The van der Waals surface area contributed by atoms with Gasteiger partial charge in [-0.05, 0) is 29.8 Å². The van der Waals surface area contributed by atoms with Crippen molar-refractivity contribution in [1.29, 1.82) is 0 Å². The number of rotatable bonds is 8. The van der Waals surface area contributed by atoms with Gasteiger partial charge in [0.1, 0.15) is 18.1 Å². The first kappa shape index (κ1) is 19.5. The zero-order valence-corrected chi connectivity index (χ0v) is 15.9. The molecule has 0 saturated heterocycles. The topological polar surface area (TPSA) is 71.1 Å². The Balaban J connectivity index is 1.63. The third kappa shape index (κ3) is 6.18. The van der Waals surface area contributed by atoms with Crippen LogP contribution in [0.3, 0.4) is 0 Å². The van der Waals surface area contributed by atoms with Gasteiger partial charge in [-0.1, -0.05) is 66.7 Å². The van der Waals surface area contributed by atoms with Crippen molar-refractivity contribution >= 4 is 13.8 Å². The lowest BCUT2D eigenvalue weighted by atomic mass is 10.2. The SMILES string of the molecule is O=C(OCc1ccccc1)OCP(=O)(Oc1ccccc1)Oc1ccccc1.